The minimum absolute atomic E-state index is 0.327. The average Bonchev–Trinajstić information content (AvgIpc) is 2.98. The molecule has 5 heteroatoms. The molecular weight excluding hydrogens is 326 g/mol. The molecule has 2 heterocycles. The van der Waals surface area contributed by atoms with Gasteiger partial charge in [-0.25, -0.2) is 9.79 Å². The van der Waals surface area contributed by atoms with E-state index < -0.39 is 5.97 Å². The molecule has 3 rings (SSSR count). The van der Waals surface area contributed by atoms with Crippen LogP contribution in [0.4, 0.5) is 0 Å². The summed E-state index contributed by atoms with van der Waals surface area (Å²) >= 11 is 4.91. The molecule has 0 unspecified atom stereocenters. The largest absolute Gasteiger partial charge is 0.402 e. The van der Waals surface area contributed by atoms with Gasteiger partial charge < -0.3 is 4.74 Å². The number of ether oxygens (including phenoxy) is 1. The number of esters is 1. The van der Waals surface area contributed by atoms with Gasteiger partial charge in [-0.05, 0) is 40.2 Å². The fourth-order valence-corrected chi connectivity index (χ4v) is 3.02. The smallest absolute Gasteiger partial charge is 0.363 e. The van der Waals surface area contributed by atoms with Gasteiger partial charge in [0.05, 0.1) is 0 Å². The summed E-state index contributed by atoms with van der Waals surface area (Å²) in [5.41, 5.74) is 1.12. The Morgan fingerprint density at radius 1 is 1.26 bits per heavy atom. The molecule has 0 saturated heterocycles. The van der Waals surface area contributed by atoms with Crippen LogP contribution in [0.3, 0.4) is 0 Å². The third-order valence-corrected chi connectivity index (χ3v) is 4.15. The molecule has 2 aromatic rings. The summed E-state index contributed by atoms with van der Waals surface area (Å²) in [7, 11) is 0. The molecule has 3 nitrogen and oxygen atoms in total. The molecule has 1 aliphatic heterocycles. The summed E-state index contributed by atoms with van der Waals surface area (Å²) in [5, 5.41) is 1.95. The summed E-state index contributed by atoms with van der Waals surface area (Å²) in [6.07, 6.45) is 1.73. The Morgan fingerprint density at radius 3 is 2.74 bits per heavy atom. The second-order valence-electron chi connectivity index (χ2n) is 3.87. The summed E-state index contributed by atoms with van der Waals surface area (Å²) in [4.78, 5) is 17.0. The Bertz CT molecular complexity index is 688. The zero-order valence-electron chi connectivity index (χ0n) is 9.67. The molecule has 0 fully saturated rings. The maximum Gasteiger partial charge on any atom is 0.363 e. The van der Waals surface area contributed by atoms with Crippen molar-refractivity contribution >= 4 is 45.2 Å². The van der Waals surface area contributed by atoms with Crippen molar-refractivity contribution in [1.29, 1.82) is 0 Å². The third-order valence-electron chi connectivity index (χ3n) is 2.51. The lowest BCUT2D eigenvalue weighted by atomic mass is 10.2. The van der Waals surface area contributed by atoms with E-state index in [1.807, 2.05) is 41.8 Å². The van der Waals surface area contributed by atoms with E-state index in [0.717, 1.165) is 14.9 Å². The molecule has 0 radical (unpaired) electrons. The monoisotopic (exact) mass is 333 g/mol. The van der Waals surface area contributed by atoms with Gasteiger partial charge in [-0.15, -0.1) is 11.3 Å². The molecule has 0 spiro atoms. The van der Waals surface area contributed by atoms with Crippen LogP contribution >= 0.6 is 27.3 Å². The number of benzene rings is 1. The number of aliphatic imine (C=N–C) groups is 1. The summed E-state index contributed by atoms with van der Waals surface area (Å²) in [5.74, 6) is -0.0594. The number of cyclic esters (lactones) is 1. The van der Waals surface area contributed by atoms with Crippen LogP contribution in [0.5, 0.6) is 0 Å². The molecule has 1 aromatic heterocycles. The van der Waals surface area contributed by atoms with Gasteiger partial charge in [0, 0.05) is 20.3 Å². The first kappa shape index (κ1) is 12.3. The van der Waals surface area contributed by atoms with Crippen molar-refractivity contribution in [3.63, 3.8) is 0 Å². The second kappa shape index (κ2) is 5.11. The van der Waals surface area contributed by atoms with Crippen LogP contribution in [0.25, 0.3) is 6.08 Å². The van der Waals surface area contributed by atoms with Crippen molar-refractivity contribution < 1.29 is 9.53 Å². The van der Waals surface area contributed by atoms with Crippen molar-refractivity contribution in [2.24, 2.45) is 4.99 Å². The van der Waals surface area contributed by atoms with Gasteiger partial charge in [0.2, 0.25) is 5.90 Å². The van der Waals surface area contributed by atoms with Crippen LogP contribution in [0.1, 0.15) is 10.4 Å². The standard InChI is InChI=1S/C14H8BrNO2S/c15-10-6-11(19-8-10)7-12-14(17)18-13(16-12)9-4-2-1-3-5-9/h1-8H/b12-7+. The van der Waals surface area contributed by atoms with Gasteiger partial charge in [-0.3, -0.25) is 0 Å². The normalized spacial score (nSPS) is 16.6. The van der Waals surface area contributed by atoms with E-state index in [-0.39, 0.29) is 0 Å². The molecule has 0 aliphatic carbocycles. The number of carbonyl (C=O) groups is 1. The van der Waals surface area contributed by atoms with Crippen LogP contribution in [0, 0.1) is 0 Å². The molecule has 0 amide bonds. The van der Waals surface area contributed by atoms with Crippen molar-refractivity contribution in [1.82, 2.24) is 0 Å². The molecule has 1 aromatic carbocycles. The predicted octanol–water partition coefficient (Wildman–Crippen LogP) is 3.86. The lowest BCUT2D eigenvalue weighted by Crippen LogP contribution is -2.04. The number of rotatable bonds is 2. The summed E-state index contributed by atoms with van der Waals surface area (Å²) in [6.45, 7) is 0. The third kappa shape index (κ3) is 2.67. The van der Waals surface area contributed by atoms with Gasteiger partial charge in [-0.2, -0.15) is 0 Å². The second-order valence-corrected chi connectivity index (χ2v) is 5.73. The highest BCUT2D eigenvalue weighted by Crippen LogP contribution is 2.24. The van der Waals surface area contributed by atoms with E-state index in [1.54, 1.807) is 6.08 Å². The molecule has 0 saturated carbocycles. The van der Waals surface area contributed by atoms with E-state index in [4.69, 9.17) is 4.74 Å². The van der Waals surface area contributed by atoms with E-state index >= 15 is 0 Å². The molecule has 0 N–H and O–H groups in total. The van der Waals surface area contributed by atoms with Gasteiger partial charge in [-0.1, -0.05) is 18.2 Å². The number of thiophene rings is 1. The first-order valence-corrected chi connectivity index (χ1v) is 7.22. The zero-order valence-corrected chi connectivity index (χ0v) is 12.1. The Kier molecular flexibility index (Phi) is 3.31. The zero-order chi connectivity index (χ0) is 13.2. The maximum atomic E-state index is 11.8. The molecule has 19 heavy (non-hydrogen) atoms. The highest BCUT2D eigenvalue weighted by atomic mass is 79.9. The first-order valence-electron chi connectivity index (χ1n) is 5.54. The van der Waals surface area contributed by atoms with Crippen LogP contribution in [-0.4, -0.2) is 11.9 Å². The number of hydrogen-bond acceptors (Lipinski definition) is 4. The average molecular weight is 334 g/mol. The van der Waals surface area contributed by atoms with E-state index in [0.29, 0.717) is 11.6 Å². The lowest BCUT2D eigenvalue weighted by Gasteiger charge is -1.97. The fourth-order valence-electron chi connectivity index (χ4n) is 1.65. The number of halogens is 1. The highest BCUT2D eigenvalue weighted by molar-refractivity contribution is 9.10. The van der Waals surface area contributed by atoms with Gasteiger partial charge >= 0.3 is 5.97 Å². The van der Waals surface area contributed by atoms with Gasteiger partial charge in [0.15, 0.2) is 5.70 Å². The molecule has 0 atom stereocenters. The van der Waals surface area contributed by atoms with Gasteiger partial charge in [0.1, 0.15) is 0 Å². The Hall–Kier alpha value is -1.72. The number of nitrogens with zero attached hydrogens (tertiary/aromatic N) is 1. The van der Waals surface area contributed by atoms with E-state index in [1.165, 1.54) is 11.3 Å². The van der Waals surface area contributed by atoms with E-state index in [2.05, 4.69) is 20.9 Å². The van der Waals surface area contributed by atoms with Crippen molar-refractivity contribution in [3.8, 4) is 0 Å². The summed E-state index contributed by atoms with van der Waals surface area (Å²) in [6, 6.07) is 11.3. The van der Waals surface area contributed by atoms with Crippen molar-refractivity contribution in [3.05, 3.63) is 62.4 Å². The predicted molar refractivity (Wildman–Crippen MR) is 79.1 cm³/mol. The molecule has 0 bridgehead atoms. The number of hydrogen-bond donors (Lipinski definition) is 0. The molecular formula is C14H8BrNO2S. The molecule has 1 aliphatic rings. The molecule has 94 valence electrons. The summed E-state index contributed by atoms with van der Waals surface area (Å²) < 4.78 is 6.16. The van der Waals surface area contributed by atoms with Crippen LogP contribution in [0.2, 0.25) is 0 Å². The van der Waals surface area contributed by atoms with Crippen LogP contribution in [-0.2, 0) is 9.53 Å². The maximum absolute atomic E-state index is 11.8. The Balaban J connectivity index is 1.94. The highest BCUT2D eigenvalue weighted by Gasteiger charge is 2.23. The number of carbonyl (C=O) groups excluding carboxylic acids is 1. The van der Waals surface area contributed by atoms with E-state index in [9.17, 15) is 4.79 Å². The van der Waals surface area contributed by atoms with Crippen molar-refractivity contribution in [2.45, 2.75) is 0 Å². The van der Waals surface area contributed by atoms with Crippen molar-refractivity contribution in [2.75, 3.05) is 0 Å². The van der Waals surface area contributed by atoms with Gasteiger partial charge in [0.25, 0.3) is 0 Å². The van der Waals surface area contributed by atoms with Crippen LogP contribution in [0.15, 0.2) is 56.9 Å². The minimum Gasteiger partial charge on any atom is -0.402 e. The quantitative estimate of drug-likeness (QED) is 0.618. The Morgan fingerprint density at radius 2 is 2.05 bits per heavy atom. The SMILES string of the molecule is O=C1OC(c2ccccc2)=N/C1=C/c1cc(Br)cs1. The van der Waals surface area contributed by atoms with Crippen LogP contribution < -0.4 is 0 Å². The fraction of sp³-hybridized carbons (Fsp3) is 0. The topological polar surface area (TPSA) is 38.7 Å². The minimum atomic E-state index is -0.414. The lowest BCUT2D eigenvalue weighted by molar-refractivity contribution is -0.129. The Labute approximate surface area is 122 Å². The first-order chi connectivity index (χ1) is 9.22.